The van der Waals surface area contributed by atoms with E-state index in [0.717, 1.165) is 11.1 Å². The molecule has 0 aliphatic carbocycles. The number of aliphatic imine (C=N–C) groups is 2. The molecule has 0 saturated carbocycles. The van der Waals surface area contributed by atoms with Crippen molar-refractivity contribution < 1.29 is 4.42 Å². The van der Waals surface area contributed by atoms with Gasteiger partial charge in [0.25, 0.3) is 0 Å². The van der Waals surface area contributed by atoms with Crippen molar-refractivity contribution in [3.8, 4) is 0 Å². The van der Waals surface area contributed by atoms with Crippen molar-refractivity contribution >= 4 is 28.4 Å². The third-order valence-corrected chi connectivity index (χ3v) is 2.73. The third-order valence-electron chi connectivity index (χ3n) is 2.73. The maximum absolute atomic E-state index is 11.5. The topological polar surface area (TPSA) is 54.9 Å². The van der Waals surface area contributed by atoms with Crippen LogP contribution in [-0.4, -0.2) is 6.01 Å². The van der Waals surface area contributed by atoms with Crippen LogP contribution in [-0.2, 0) is 0 Å². The number of para-hydroxylation sites is 2. The van der Waals surface area contributed by atoms with Gasteiger partial charge >= 0.3 is 5.63 Å². The summed E-state index contributed by atoms with van der Waals surface area (Å²) < 4.78 is 5.09. The van der Waals surface area contributed by atoms with Gasteiger partial charge in [-0.05, 0) is 24.3 Å². The summed E-state index contributed by atoms with van der Waals surface area (Å²) >= 11 is 0. The van der Waals surface area contributed by atoms with E-state index in [2.05, 4.69) is 16.0 Å². The molecule has 0 bridgehead atoms. The second kappa shape index (κ2) is 5.34. The lowest BCUT2D eigenvalue weighted by molar-refractivity contribution is 0.561. The SMILES string of the molecule is O=c1cc(N=C=Nc2ccccc2)c2ccccc2o1. The van der Waals surface area contributed by atoms with Crippen LogP contribution in [0.5, 0.6) is 0 Å². The molecule has 0 unspecified atom stereocenters. The monoisotopic (exact) mass is 262 g/mol. The fourth-order valence-corrected chi connectivity index (χ4v) is 1.83. The summed E-state index contributed by atoms with van der Waals surface area (Å²) in [5.41, 5.74) is 1.31. The Kier molecular flexibility index (Phi) is 3.23. The summed E-state index contributed by atoms with van der Waals surface area (Å²) in [6.45, 7) is 0. The van der Waals surface area contributed by atoms with E-state index in [4.69, 9.17) is 4.42 Å². The zero-order valence-electron chi connectivity index (χ0n) is 10.5. The van der Waals surface area contributed by atoms with E-state index >= 15 is 0 Å². The van der Waals surface area contributed by atoms with Crippen molar-refractivity contribution in [3.63, 3.8) is 0 Å². The van der Waals surface area contributed by atoms with Gasteiger partial charge in [0.2, 0.25) is 0 Å². The van der Waals surface area contributed by atoms with Crippen LogP contribution < -0.4 is 5.63 Å². The van der Waals surface area contributed by atoms with E-state index < -0.39 is 5.63 Å². The first-order valence-electron chi connectivity index (χ1n) is 6.07. The first-order chi connectivity index (χ1) is 9.83. The fraction of sp³-hybridized carbons (Fsp3) is 0. The first-order valence-corrected chi connectivity index (χ1v) is 6.07. The summed E-state index contributed by atoms with van der Waals surface area (Å²) in [5, 5.41) is 0.753. The standard InChI is InChI=1S/C16H10N2O2/c19-16-10-14(13-8-4-5-9-15(13)20-16)18-11-17-12-6-2-1-3-7-12/h1-10H. The number of hydrogen-bond acceptors (Lipinski definition) is 4. The largest absolute Gasteiger partial charge is 0.423 e. The van der Waals surface area contributed by atoms with E-state index in [1.807, 2.05) is 42.5 Å². The van der Waals surface area contributed by atoms with Crippen molar-refractivity contribution in [2.24, 2.45) is 9.98 Å². The normalized spacial score (nSPS) is 10.0. The lowest BCUT2D eigenvalue weighted by atomic mass is 10.2. The Morgan fingerprint density at radius 1 is 0.900 bits per heavy atom. The second-order valence-corrected chi connectivity index (χ2v) is 4.11. The minimum atomic E-state index is -0.441. The molecule has 0 fully saturated rings. The number of nitrogens with zero attached hydrogens (tertiary/aromatic N) is 2. The van der Waals surface area contributed by atoms with Crippen LogP contribution >= 0.6 is 0 Å². The van der Waals surface area contributed by atoms with Gasteiger partial charge in [-0.2, -0.15) is 9.98 Å². The third kappa shape index (κ3) is 2.55. The number of rotatable bonds is 2. The Hall–Kier alpha value is -2.97. The Bertz CT molecular complexity index is 860. The minimum Gasteiger partial charge on any atom is -0.423 e. The van der Waals surface area contributed by atoms with E-state index in [0.29, 0.717) is 11.3 Å². The van der Waals surface area contributed by atoms with Crippen LogP contribution in [0.3, 0.4) is 0 Å². The highest BCUT2D eigenvalue weighted by atomic mass is 16.4. The van der Waals surface area contributed by atoms with Gasteiger partial charge in [0.15, 0.2) is 0 Å². The van der Waals surface area contributed by atoms with Gasteiger partial charge in [0.1, 0.15) is 11.6 Å². The lowest BCUT2D eigenvalue weighted by Gasteiger charge is -1.97. The molecule has 0 spiro atoms. The van der Waals surface area contributed by atoms with Crippen LogP contribution in [0.25, 0.3) is 11.0 Å². The summed E-state index contributed by atoms with van der Waals surface area (Å²) in [4.78, 5) is 19.7. The van der Waals surface area contributed by atoms with Gasteiger partial charge in [-0.25, -0.2) is 4.79 Å². The molecular weight excluding hydrogens is 252 g/mol. The van der Waals surface area contributed by atoms with Crippen molar-refractivity contribution in [3.05, 3.63) is 71.1 Å². The molecule has 20 heavy (non-hydrogen) atoms. The minimum absolute atomic E-state index is 0.441. The molecule has 0 amide bonds. The predicted molar refractivity (Wildman–Crippen MR) is 78.1 cm³/mol. The molecule has 0 aliphatic rings. The molecule has 1 heterocycles. The highest BCUT2D eigenvalue weighted by Crippen LogP contribution is 2.23. The molecule has 1 aromatic heterocycles. The van der Waals surface area contributed by atoms with Crippen molar-refractivity contribution in [2.75, 3.05) is 0 Å². The fourth-order valence-electron chi connectivity index (χ4n) is 1.83. The van der Waals surface area contributed by atoms with Crippen LogP contribution in [0.2, 0.25) is 0 Å². The van der Waals surface area contributed by atoms with E-state index in [1.54, 1.807) is 12.1 Å². The van der Waals surface area contributed by atoms with E-state index in [9.17, 15) is 4.79 Å². The molecule has 2 aromatic carbocycles. The molecule has 0 atom stereocenters. The van der Waals surface area contributed by atoms with Gasteiger partial charge in [0.05, 0.1) is 17.4 Å². The van der Waals surface area contributed by atoms with Crippen molar-refractivity contribution in [1.82, 2.24) is 0 Å². The van der Waals surface area contributed by atoms with Crippen LogP contribution in [0.1, 0.15) is 0 Å². The maximum atomic E-state index is 11.5. The van der Waals surface area contributed by atoms with Crippen molar-refractivity contribution in [1.29, 1.82) is 0 Å². The summed E-state index contributed by atoms with van der Waals surface area (Å²) in [6, 6.07) is 20.5. The molecular formula is C16H10N2O2. The molecule has 3 aromatic rings. The molecule has 4 heteroatoms. The zero-order valence-corrected chi connectivity index (χ0v) is 10.5. The Morgan fingerprint density at radius 3 is 2.50 bits per heavy atom. The first kappa shape index (κ1) is 12.1. The van der Waals surface area contributed by atoms with Crippen molar-refractivity contribution in [2.45, 2.75) is 0 Å². The molecule has 0 radical (unpaired) electrons. The van der Waals surface area contributed by atoms with Gasteiger partial charge in [-0.3, -0.25) is 0 Å². The van der Waals surface area contributed by atoms with Crippen LogP contribution in [0.4, 0.5) is 11.4 Å². The molecule has 3 rings (SSSR count). The molecule has 0 aliphatic heterocycles. The zero-order chi connectivity index (χ0) is 13.8. The van der Waals surface area contributed by atoms with Gasteiger partial charge in [-0.1, -0.05) is 30.3 Å². The summed E-state index contributed by atoms with van der Waals surface area (Å²) in [7, 11) is 0. The Labute approximate surface area is 114 Å². The maximum Gasteiger partial charge on any atom is 0.338 e. The molecule has 96 valence electrons. The molecule has 4 nitrogen and oxygen atoms in total. The lowest BCUT2D eigenvalue weighted by Crippen LogP contribution is -1.94. The Morgan fingerprint density at radius 2 is 1.65 bits per heavy atom. The average Bonchev–Trinajstić information content (AvgIpc) is 2.48. The average molecular weight is 262 g/mol. The summed E-state index contributed by atoms with van der Waals surface area (Å²) in [5.74, 6) is 0. The second-order valence-electron chi connectivity index (χ2n) is 4.11. The van der Waals surface area contributed by atoms with Gasteiger partial charge in [0, 0.05) is 5.39 Å². The number of hydrogen-bond donors (Lipinski definition) is 0. The van der Waals surface area contributed by atoms with E-state index in [1.165, 1.54) is 6.07 Å². The highest BCUT2D eigenvalue weighted by molar-refractivity contribution is 5.88. The number of fused-ring (bicyclic) bond motifs is 1. The Balaban J connectivity index is 2.07. The smallest absolute Gasteiger partial charge is 0.338 e. The van der Waals surface area contributed by atoms with Crippen LogP contribution in [0, 0.1) is 0 Å². The van der Waals surface area contributed by atoms with E-state index in [-0.39, 0.29) is 0 Å². The van der Waals surface area contributed by atoms with Gasteiger partial charge < -0.3 is 4.42 Å². The molecule has 0 N–H and O–H groups in total. The number of benzene rings is 2. The summed E-state index contributed by atoms with van der Waals surface area (Å²) in [6.07, 6.45) is 0. The highest BCUT2D eigenvalue weighted by Gasteiger charge is 2.02. The quantitative estimate of drug-likeness (QED) is 0.519. The molecule has 0 saturated heterocycles. The van der Waals surface area contributed by atoms with Gasteiger partial charge in [-0.15, -0.1) is 0 Å². The predicted octanol–water partition coefficient (Wildman–Crippen LogP) is 3.93. The van der Waals surface area contributed by atoms with Crippen LogP contribution in [0.15, 0.2) is 79.9 Å².